The quantitative estimate of drug-likeness (QED) is 0.700. The van der Waals surface area contributed by atoms with E-state index in [-0.39, 0.29) is 6.10 Å². The van der Waals surface area contributed by atoms with Gasteiger partial charge < -0.3 is 15.3 Å². The Hall–Kier alpha value is -1.04. The summed E-state index contributed by atoms with van der Waals surface area (Å²) in [4.78, 5) is 10.3. The van der Waals surface area contributed by atoms with E-state index in [0.29, 0.717) is 19.6 Å². The predicted octanol–water partition coefficient (Wildman–Crippen LogP) is -0.203. The summed E-state index contributed by atoms with van der Waals surface area (Å²) in [6.45, 7) is 3.76. The summed E-state index contributed by atoms with van der Waals surface area (Å²) < 4.78 is 0. The number of hydrogen-bond donors (Lipinski definition) is 2. The standard InChI is InChI=1S/C11H20N4O/c1-9-13-5-4-10(14-9)6-12-7-11(16)8-15(2)3/h4-5,11-12,16H,6-8H2,1-3H3. The molecule has 0 aromatic carbocycles. The lowest BCUT2D eigenvalue weighted by molar-refractivity contribution is 0.134. The maximum Gasteiger partial charge on any atom is 0.125 e. The monoisotopic (exact) mass is 224 g/mol. The summed E-state index contributed by atoms with van der Waals surface area (Å²) >= 11 is 0. The van der Waals surface area contributed by atoms with Crippen molar-refractivity contribution in [3.63, 3.8) is 0 Å². The third kappa shape index (κ3) is 5.16. The highest BCUT2D eigenvalue weighted by molar-refractivity contribution is 5.00. The molecule has 1 atom stereocenters. The van der Waals surface area contributed by atoms with E-state index < -0.39 is 0 Å². The third-order valence-corrected chi connectivity index (χ3v) is 2.10. The normalized spacial score (nSPS) is 13.1. The molecular formula is C11H20N4O. The van der Waals surface area contributed by atoms with Gasteiger partial charge in [0.25, 0.3) is 0 Å². The van der Waals surface area contributed by atoms with Crippen LogP contribution in [-0.4, -0.2) is 53.3 Å². The molecule has 0 saturated carbocycles. The van der Waals surface area contributed by atoms with Gasteiger partial charge in [-0.1, -0.05) is 0 Å². The Morgan fingerprint density at radius 2 is 2.25 bits per heavy atom. The average molecular weight is 224 g/mol. The SMILES string of the molecule is Cc1nccc(CNCC(O)CN(C)C)n1. The molecular weight excluding hydrogens is 204 g/mol. The van der Waals surface area contributed by atoms with Crippen molar-refractivity contribution < 1.29 is 5.11 Å². The zero-order chi connectivity index (χ0) is 12.0. The van der Waals surface area contributed by atoms with Crippen molar-refractivity contribution in [3.8, 4) is 0 Å². The Bertz CT molecular complexity index is 317. The minimum absolute atomic E-state index is 0.349. The highest BCUT2D eigenvalue weighted by Gasteiger charge is 2.04. The van der Waals surface area contributed by atoms with E-state index in [1.165, 1.54) is 0 Å². The molecule has 1 unspecified atom stereocenters. The fourth-order valence-corrected chi connectivity index (χ4v) is 1.46. The van der Waals surface area contributed by atoms with Crippen LogP contribution in [0.2, 0.25) is 0 Å². The number of aliphatic hydroxyl groups is 1. The molecule has 90 valence electrons. The van der Waals surface area contributed by atoms with Crippen molar-refractivity contribution in [2.75, 3.05) is 27.2 Å². The van der Waals surface area contributed by atoms with E-state index in [4.69, 9.17) is 0 Å². The molecule has 5 heteroatoms. The first-order valence-corrected chi connectivity index (χ1v) is 5.40. The summed E-state index contributed by atoms with van der Waals surface area (Å²) in [5.41, 5.74) is 0.949. The van der Waals surface area contributed by atoms with Gasteiger partial charge in [0, 0.05) is 25.8 Å². The molecule has 0 amide bonds. The van der Waals surface area contributed by atoms with Crippen molar-refractivity contribution in [1.82, 2.24) is 20.2 Å². The van der Waals surface area contributed by atoms with Gasteiger partial charge in [-0.15, -0.1) is 0 Å². The largest absolute Gasteiger partial charge is 0.390 e. The van der Waals surface area contributed by atoms with Gasteiger partial charge in [-0.2, -0.15) is 0 Å². The first kappa shape index (κ1) is 13.0. The number of nitrogens with one attached hydrogen (secondary N) is 1. The molecule has 0 aliphatic heterocycles. The molecule has 0 bridgehead atoms. The van der Waals surface area contributed by atoms with Gasteiger partial charge in [-0.3, -0.25) is 0 Å². The van der Waals surface area contributed by atoms with E-state index >= 15 is 0 Å². The van der Waals surface area contributed by atoms with Gasteiger partial charge in [0.15, 0.2) is 0 Å². The Morgan fingerprint density at radius 1 is 1.50 bits per heavy atom. The predicted molar refractivity (Wildman–Crippen MR) is 63.0 cm³/mol. The number of aromatic nitrogens is 2. The van der Waals surface area contributed by atoms with Gasteiger partial charge >= 0.3 is 0 Å². The number of hydrogen-bond acceptors (Lipinski definition) is 5. The summed E-state index contributed by atoms with van der Waals surface area (Å²) in [5.74, 6) is 0.771. The van der Waals surface area contributed by atoms with Gasteiger partial charge in [0.1, 0.15) is 5.82 Å². The van der Waals surface area contributed by atoms with E-state index in [2.05, 4.69) is 15.3 Å². The highest BCUT2D eigenvalue weighted by atomic mass is 16.3. The fraction of sp³-hybridized carbons (Fsp3) is 0.636. The zero-order valence-corrected chi connectivity index (χ0v) is 10.1. The van der Waals surface area contributed by atoms with Crippen LogP contribution < -0.4 is 5.32 Å². The molecule has 0 spiro atoms. The summed E-state index contributed by atoms with van der Waals surface area (Å²) in [7, 11) is 3.88. The minimum Gasteiger partial charge on any atom is -0.390 e. The second-order valence-electron chi connectivity index (χ2n) is 4.14. The number of aryl methyl sites for hydroxylation is 1. The van der Waals surface area contributed by atoms with E-state index in [9.17, 15) is 5.11 Å². The molecule has 1 rings (SSSR count). The van der Waals surface area contributed by atoms with Crippen molar-refractivity contribution in [1.29, 1.82) is 0 Å². The van der Waals surface area contributed by atoms with E-state index in [1.807, 2.05) is 32.0 Å². The molecule has 1 aromatic rings. The fourth-order valence-electron chi connectivity index (χ4n) is 1.46. The number of rotatable bonds is 6. The van der Waals surface area contributed by atoms with E-state index in [1.54, 1.807) is 6.20 Å². The maximum atomic E-state index is 9.62. The molecule has 0 aliphatic carbocycles. The second kappa shape index (κ2) is 6.52. The summed E-state index contributed by atoms with van der Waals surface area (Å²) in [6, 6.07) is 1.87. The summed E-state index contributed by atoms with van der Waals surface area (Å²) in [6.07, 6.45) is 1.40. The van der Waals surface area contributed by atoms with Gasteiger partial charge in [0.05, 0.1) is 11.8 Å². The molecule has 1 aromatic heterocycles. The Labute approximate surface area is 96.5 Å². The van der Waals surface area contributed by atoms with Crippen LogP contribution >= 0.6 is 0 Å². The lowest BCUT2D eigenvalue weighted by Gasteiger charge is -2.16. The topological polar surface area (TPSA) is 61.3 Å². The molecule has 0 fully saturated rings. The van der Waals surface area contributed by atoms with Crippen LogP contribution in [0.3, 0.4) is 0 Å². The second-order valence-corrected chi connectivity index (χ2v) is 4.14. The smallest absolute Gasteiger partial charge is 0.125 e. The van der Waals surface area contributed by atoms with Crippen molar-refractivity contribution in [2.24, 2.45) is 0 Å². The van der Waals surface area contributed by atoms with Gasteiger partial charge in [-0.05, 0) is 27.1 Å². The Balaban J connectivity index is 2.25. The van der Waals surface area contributed by atoms with Crippen LogP contribution in [0.1, 0.15) is 11.5 Å². The lowest BCUT2D eigenvalue weighted by Crippen LogP contribution is -2.34. The molecule has 0 saturated heterocycles. The summed E-state index contributed by atoms with van der Waals surface area (Å²) in [5, 5.41) is 12.8. The molecule has 5 nitrogen and oxygen atoms in total. The third-order valence-electron chi connectivity index (χ3n) is 2.10. The molecule has 1 heterocycles. The molecule has 0 aliphatic rings. The van der Waals surface area contributed by atoms with Crippen LogP contribution in [0.15, 0.2) is 12.3 Å². The van der Waals surface area contributed by atoms with Gasteiger partial charge in [-0.25, -0.2) is 9.97 Å². The minimum atomic E-state index is -0.349. The lowest BCUT2D eigenvalue weighted by atomic mass is 10.3. The van der Waals surface area contributed by atoms with Crippen molar-refractivity contribution >= 4 is 0 Å². The zero-order valence-electron chi connectivity index (χ0n) is 10.1. The number of nitrogens with zero attached hydrogens (tertiary/aromatic N) is 3. The highest BCUT2D eigenvalue weighted by Crippen LogP contribution is 1.94. The van der Waals surface area contributed by atoms with Gasteiger partial charge in [0.2, 0.25) is 0 Å². The number of likely N-dealkylation sites (N-methyl/N-ethyl adjacent to an activating group) is 1. The molecule has 2 N–H and O–H groups in total. The first-order valence-electron chi connectivity index (χ1n) is 5.40. The van der Waals surface area contributed by atoms with Crippen LogP contribution in [0.25, 0.3) is 0 Å². The Morgan fingerprint density at radius 3 is 2.88 bits per heavy atom. The van der Waals surface area contributed by atoms with Crippen LogP contribution in [-0.2, 0) is 6.54 Å². The first-order chi connectivity index (χ1) is 7.58. The van der Waals surface area contributed by atoms with Crippen molar-refractivity contribution in [2.45, 2.75) is 19.6 Å². The molecule has 0 radical (unpaired) electrons. The van der Waals surface area contributed by atoms with E-state index in [0.717, 1.165) is 11.5 Å². The molecule has 16 heavy (non-hydrogen) atoms. The van der Waals surface area contributed by atoms with Crippen LogP contribution in [0, 0.1) is 6.92 Å². The maximum absolute atomic E-state index is 9.62. The van der Waals surface area contributed by atoms with Crippen molar-refractivity contribution in [3.05, 3.63) is 23.8 Å². The van der Waals surface area contributed by atoms with Crippen LogP contribution in [0.5, 0.6) is 0 Å². The Kier molecular flexibility index (Phi) is 5.31. The number of aliphatic hydroxyl groups excluding tert-OH is 1. The average Bonchev–Trinajstić information content (AvgIpc) is 2.16. The van der Waals surface area contributed by atoms with Crippen LogP contribution in [0.4, 0.5) is 0 Å².